The van der Waals surface area contributed by atoms with Crippen LogP contribution in [0.2, 0.25) is 0 Å². The van der Waals surface area contributed by atoms with Gasteiger partial charge in [-0.1, -0.05) is 29.4 Å². The third-order valence-electron chi connectivity index (χ3n) is 3.50. The molecule has 1 atom stereocenters. The van der Waals surface area contributed by atoms with E-state index in [1.165, 1.54) is 38.9 Å². The van der Waals surface area contributed by atoms with Crippen LogP contribution >= 0.6 is 15.9 Å². The Morgan fingerprint density at radius 2 is 2.12 bits per heavy atom. The Hall–Kier alpha value is 0.140. The van der Waals surface area contributed by atoms with E-state index in [2.05, 4.69) is 46.6 Å². The molecular weight excluding hydrogens is 264 g/mol. The highest BCUT2D eigenvalue weighted by Gasteiger charge is 2.22. The molecule has 1 N–H and O–H groups in total. The molecule has 0 radical (unpaired) electrons. The number of piperidine rings is 1. The van der Waals surface area contributed by atoms with Crippen molar-refractivity contribution in [3.05, 3.63) is 11.1 Å². The molecule has 1 heterocycles. The fourth-order valence-corrected chi connectivity index (χ4v) is 2.59. The molecule has 0 saturated carbocycles. The average Bonchev–Trinajstić information content (AvgIpc) is 2.27. The number of hydrogen-bond donors (Lipinski definition) is 1. The first-order valence-electron chi connectivity index (χ1n) is 6.42. The van der Waals surface area contributed by atoms with Crippen molar-refractivity contribution in [1.29, 1.82) is 0 Å². The fourth-order valence-electron chi connectivity index (χ4n) is 2.43. The molecule has 0 aromatic heterocycles. The van der Waals surface area contributed by atoms with Crippen LogP contribution in [0.15, 0.2) is 11.1 Å². The van der Waals surface area contributed by atoms with Crippen LogP contribution in [0, 0.1) is 5.92 Å². The second kappa shape index (κ2) is 7.46. The van der Waals surface area contributed by atoms with Gasteiger partial charge in [-0.15, -0.1) is 0 Å². The molecule has 0 aliphatic carbocycles. The maximum Gasteiger partial charge on any atom is 0.0268 e. The Morgan fingerprint density at radius 1 is 1.50 bits per heavy atom. The molecule has 1 aliphatic rings. The first-order valence-corrected chi connectivity index (χ1v) is 7.21. The minimum absolute atomic E-state index is 0.609. The van der Waals surface area contributed by atoms with Crippen LogP contribution < -0.4 is 5.32 Å². The van der Waals surface area contributed by atoms with Crippen LogP contribution in [0.5, 0.6) is 0 Å². The molecule has 1 unspecified atom stereocenters. The zero-order chi connectivity index (χ0) is 12.0. The van der Waals surface area contributed by atoms with Crippen molar-refractivity contribution in [3.63, 3.8) is 0 Å². The quantitative estimate of drug-likeness (QED) is 0.808. The first kappa shape index (κ1) is 14.2. The Kier molecular flexibility index (Phi) is 6.62. The normalized spacial score (nSPS) is 20.9. The number of nitrogens with one attached hydrogen (secondary N) is 1. The molecule has 0 aromatic carbocycles. The molecule has 0 bridgehead atoms. The van der Waals surface area contributed by atoms with Crippen molar-refractivity contribution < 1.29 is 0 Å². The Labute approximate surface area is 109 Å². The van der Waals surface area contributed by atoms with E-state index in [-0.39, 0.29) is 0 Å². The van der Waals surface area contributed by atoms with Crippen LogP contribution in [0.3, 0.4) is 0 Å². The van der Waals surface area contributed by atoms with Crippen molar-refractivity contribution >= 4 is 15.9 Å². The summed E-state index contributed by atoms with van der Waals surface area (Å²) in [5.74, 6) is 0.833. The topological polar surface area (TPSA) is 15.3 Å². The van der Waals surface area contributed by atoms with E-state index < -0.39 is 0 Å². The SMILES string of the molecule is C=C(Br)CNC(C)C1CCN(CCC)CC1. The van der Waals surface area contributed by atoms with Gasteiger partial charge in [0.25, 0.3) is 0 Å². The average molecular weight is 289 g/mol. The molecule has 3 heteroatoms. The minimum atomic E-state index is 0.609. The van der Waals surface area contributed by atoms with Crippen LogP contribution in [0.1, 0.15) is 33.1 Å². The lowest BCUT2D eigenvalue weighted by molar-refractivity contribution is 0.164. The number of hydrogen-bond acceptors (Lipinski definition) is 2. The predicted molar refractivity (Wildman–Crippen MR) is 75.0 cm³/mol. The highest BCUT2D eigenvalue weighted by molar-refractivity contribution is 9.11. The van der Waals surface area contributed by atoms with Crippen LogP contribution in [0.25, 0.3) is 0 Å². The van der Waals surface area contributed by atoms with E-state index in [0.29, 0.717) is 6.04 Å². The molecular formula is C13H25BrN2. The summed E-state index contributed by atoms with van der Waals surface area (Å²) >= 11 is 3.39. The molecule has 0 aromatic rings. The maximum atomic E-state index is 3.85. The third kappa shape index (κ3) is 4.98. The lowest BCUT2D eigenvalue weighted by Crippen LogP contribution is -2.42. The summed E-state index contributed by atoms with van der Waals surface area (Å²) in [7, 11) is 0. The van der Waals surface area contributed by atoms with Gasteiger partial charge in [0.1, 0.15) is 0 Å². The summed E-state index contributed by atoms with van der Waals surface area (Å²) in [6, 6.07) is 0.609. The van der Waals surface area contributed by atoms with E-state index in [0.717, 1.165) is 16.9 Å². The maximum absolute atomic E-state index is 3.85. The van der Waals surface area contributed by atoms with E-state index in [1.54, 1.807) is 0 Å². The number of halogens is 1. The number of rotatable bonds is 6. The molecule has 16 heavy (non-hydrogen) atoms. The third-order valence-corrected chi connectivity index (χ3v) is 3.78. The molecule has 2 nitrogen and oxygen atoms in total. The smallest absolute Gasteiger partial charge is 0.0268 e. The molecule has 94 valence electrons. The van der Waals surface area contributed by atoms with Crippen molar-refractivity contribution in [2.75, 3.05) is 26.2 Å². The summed E-state index contributed by atoms with van der Waals surface area (Å²) in [6.07, 6.45) is 3.95. The molecule has 1 rings (SSSR count). The summed E-state index contributed by atoms with van der Waals surface area (Å²) in [6.45, 7) is 13.1. The zero-order valence-corrected chi connectivity index (χ0v) is 12.2. The van der Waals surface area contributed by atoms with E-state index in [4.69, 9.17) is 0 Å². The van der Waals surface area contributed by atoms with Gasteiger partial charge in [0.2, 0.25) is 0 Å². The monoisotopic (exact) mass is 288 g/mol. The van der Waals surface area contributed by atoms with Crippen LogP contribution in [-0.2, 0) is 0 Å². The first-order chi connectivity index (χ1) is 7.63. The summed E-state index contributed by atoms with van der Waals surface area (Å²) in [5, 5.41) is 3.53. The number of nitrogens with zero attached hydrogens (tertiary/aromatic N) is 1. The van der Waals surface area contributed by atoms with E-state index >= 15 is 0 Å². The van der Waals surface area contributed by atoms with Gasteiger partial charge in [0, 0.05) is 17.1 Å². The van der Waals surface area contributed by atoms with Crippen molar-refractivity contribution in [2.45, 2.75) is 39.2 Å². The molecule has 1 saturated heterocycles. The van der Waals surface area contributed by atoms with E-state index in [9.17, 15) is 0 Å². The molecule has 0 spiro atoms. The summed E-state index contributed by atoms with van der Waals surface area (Å²) in [4.78, 5) is 2.59. The number of likely N-dealkylation sites (tertiary alicyclic amines) is 1. The molecule has 1 fully saturated rings. The van der Waals surface area contributed by atoms with Gasteiger partial charge in [-0.05, 0) is 51.7 Å². The van der Waals surface area contributed by atoms with Crippen LogP contribution in [-0.4, -0.2) is 37.1 Å². The molecule has 1 aliphatic heterocycles. The second-order valence-corrected chi connectivity index (χ2v) is 5.99. The highest BCUT2D eigenvalue weighted by atomic mass is 79.9. The van der Waals surface area contributed by atoms with Crippen molar-refractivity contribution in [2.24, 2.45) is 5.92 Å². The summed E-state index contributed by atoms with van der Waals surface area (Å²) in [5.41, 5.74) is 0. The Balaban J connectivity index is 2.21. The van der Waals surface area contributed by atoms with Gasteiger partial charge in [0.05, 0.1) is 0 Å². The Morgan fingerprint density at radius 3 is 2.62 bits per heavy atom. The second-order valence-electron chi connectivity index (χ2n) is 4.87. The van der Waals surface area contributed by atoms with Gasteiger partial charge in [-0.3, -0.25) is 0 Å². The zero-order valence-electron chi connectivity index (χ0n) is 10.6. The van der Waals surface area contributed by atoms with Gasteiger partial charge in [-0.2, -0.15) is 0 Å². The van der Waals surface area contributed by atoms with Crippen molar-refractivity contribution in [1.82, 2.24) is 10.2 Å². The largest absolute Gasteiger partial charge is 0.309 e. The Bertz CT molecular complexity index is 210. The lowest BCUT2D eigenvalue weighted by atomic mass is 9.90. The van der Waals surface area contributed by atoms with Crippen molar-refractivity contribution in [3.8, 4) is 0 Å². The minimum Gasteiger partial charge on any atom is -0.309 e. The van der Waals surface area contributed by atoms with E-state index in [1.807, 2.05) is 0 Å². The lowest BCUT2D eigenvalue weighted by Gasteiger charge is -2.35. The predicted octanol–water partition coefficient (Wildman–Crippen LogP) is 3.00. The fraction of sp³-hybridized carbons (Fsp3) is 0.846. The van der Waals surface area contributed by atoms with Gasteiger partial charge >= 0.3 is 0 Å². The van der Waals surface area contributed by atoms with Crippen LogP contribution in [0.4, 0.5) is 0 Å². The summed E-state index contributed by atoms with van der Waals surface area (Å²) < 4.78 is 1.04. The van der Waals surface area contributed by atoms with Gasteiger partial charge in [0.15, 0.2) is 0 Å². The standard InChI is InChI=1S/C13H25BrN2/c1-4-7-16-8-5-13(6-9-16)12(3)15-10-11(2)14/h12-13,15H,2,4-10H2,1,3H3. The highest BCUT2D eigenvalue weighted by Crippen LogP contribution is 2.20. The molecule has 0 amide bonds. The van der Waals surface area contributed by atoms with Gasteiger partial charge in [-0.25, -0.2) is 0 Å². The van der Waals surface area contributed by atoms with Gasteiger partial charge < -0.3 is 10.2 Å².